The van der Waals surface area contributed by atoms with Crippen molar-refractivity contribution < 1.29 is 9.53 Å². The normalized spacial score (nSPS) is 14.5. The number of nitrogen functional groups attached to an aromatic ring is 1. The number of ether oxygens (including phenoxy) is 1. The van der Waals surface area contributed by atoms with Crippen molar-refractivity contribution in [2.24, 2.45) is 0 Å². The first-order valence-electron chi connectivity index (χ1n) is 9.05. The summed E-state index contributed by atoms with van der Waals surface area (Å²) >= 11 is 6.12. The van der Waals surface area contributed by atoms with Crippen LogP contribution < -0.4 is 10.7 Å². The fourth-order valence-corrected chi connectivity index (χ4v) is 3.65. The van der Waals surface area contributed by atoms with Gasteiger partial charge in [0.25, 0.3) is 6.26 Å². The SMILES string of the molecule is N#COC(=O)N1CCCN(c2cccc(-c3cn(N)c4ncc(Cl)cc34)n2)CC1. The maximum absolute atomic E-state index is 11.8. The van der Waals surface area contributed by atoms with Crippen molar-refractivity contribution in [3.05, 3.63) is 41.7 Å². The molecule has 4 heterocycles. The first kappa shape index (κ1) is 18.8. The molecule has 0 radical (unpaired) electrons. The predicted molar refractivity (Wildman–Crippen MR) is 109 cm³/mol. The summed E-state index contributed by atoms with van der Waals surface area (Å²) in [7, 11) is 0. The van der Waals surface area contributed by atoms with Crippen LogP contribution in [-0.4, -0.2) is 51.8 Å². The zero-order chi connectivity index (χ0) is 20.4. The van der Waals surface area contributed by atoms with Crippen LogP contribution in [0.25, 0.3) is 22.3 Å². The zero-order valence-electron chi connectivity index (χ0n) is 15.5. The number of hydrogen-bond acceptors (Lipinski definition) is 7. The van der Waals surface area contributed by atoms with Gasteiger partial charge in [-0.3, -0.25) is 4.68 Å². The number of carbonyl (C=O) groups excluding carboxylic acids is 1. The first-order valence-corrected chi connectivity index (χ1v) is 9.43. The van der Waals surface area contributed by atoms with E-state index in [0.717, 1.165) is 35.4 Å². The van der Waals surface area contributed by atoms with Gasteiger partial charge in [-0.2, -0.15) is 0 Å². The van der Waals surface area contributed by atoms with Gasteiger partial charge in [-0.15, -0.1) is 5.26 Å². The van der Waals surface area contributed by atoms with Crippen molar-refractivity contribution in [2.75, 3.05) is 36.9 Å². The predicted octanol–water partition coefficient (Wildman–Crippen LogP) is 2.60. The summed E-state index contributed by atoms with van der Waals surface area (Å²) in [6, 6.07) is 7.59. The molecule has 0 aromatic carbocycles. The van der Waals surface area contributed by atoms with Gasteiger partial charge in [0.1, 0.15) is 5.82 Å². The van der Waals surface area contributed by atoms with Gasteiger partial charge in [-0.1, -0.05) is 17.7 Å². The lowest BCUT2D eigenvalue weighted by Crippen LogP contribution is -2.35. The van der Waals surface area contributed by atoms with Crippen LogP contribution in [0.4, 0.5) is 10.6 Å². The monoisotopic (exact) mass is 411 g/mol. The minimum Gasteiger partial charge on any atom is -0.355 e. The largest absolute Gasteiger partial charge is 0.425 e. The Morgan fingerprint density at radius 2 is 2.14 bits per heavy atom. The smallest absolute Gasteiger partial charge is 0.355 e. The molecule has 1 aliphatic rings. The third-order valence-electron chi connectivity index (χ3n) is 4.86. The molecular formula is C19H18ClN7O2. The molecule has 1 amide bonds. The first-order chi connectivity index (χ1) is 14.1. The Kier molecular flexibility index (Phi) is 5.10. The van der Waals surface area contributed by atoms with Crippen molar-refractivity contribution in [3.63, 3.8) is 0 Å². The number of amides is 1. The van der Waals surface area contributed by atoms with E-state index in [1.165, 1.54) is 15.8 Å². The van der Waals surface area contributed by atoms with E-state index in [2.05, 4.69) is 14.6 Å². The Bertz CT molecular complexity index is 1110. The second-order valence-electron chi connectivity index (χ2n) is 6.64. The summed E-state index contributed by atoms with van der Waals surface area (Å²) in [5.41, 5.74) is 2.22. The Labute approximate surface area is 171 Å². The second kappa shape index (κ2) is 7.85. The summed E-state index contributed by atoms with van der Waals surface area (Å²) in [6.07, 6.45) is 4.90. The van der Waals surface area contributed by atoms with Crippen molar-refractivity contribution in [1.82, 2.24) is 19.5 Å². The minimum absolute atomic E-state index is 0.452. The number of pyridine rings is 2. The van der Waals surface area contributed by atoms with Crippen molar-refractivity contribution in [3.8, 4) is 17.5 Å². The van der Waals surface area contributed by atoms with Crippen LogP contribution in [0.2, 0.25) is 5.02 Å². The van der Waals surface area contributed by atoms with E-state index in [4.69, 9.17) is 27.7 Å². The van der Waals surface area contributed by atoms with Gasteiger partial charge < -0.3 is 20.4 Å². The molecule has 0 atom stereocenters. The third-order valence-corrected chi connectivity index (χ3v) is 5.06. The van der Waals surface area contributed by atoms with E-state index >= 15 is 0 Å². The summed E-state index contributed by atoms with van der Waals surface area (Å²) in [6.45, 7) is 2.30. The molecule has 0 unspecified atom stereocenters. The fourth-order valence-electron chi connectivity index (χ4n) is 3.49. The molecule has 0 spiro atoms. The van der Waals surface area contributed by atoms with E-state index in [1.54, 1.807) is 12.4 Å². The highest BCUT2D eigenvalue weighted by Gasteiger charge is 2.21. The highest BCUT2D eigenvalue weighted by Crippen LogP contribution is 2.30. The van der Waals surface area contributed by atoms with Crippen molar-refractivity contribution >= 4 is 34.5 Å². The molecule has 0 bridgehead atoms. The molecule has 1 aliphatic heterocycles. The van der Waals surface area contributed by atoms with Crippen molar-refractivity contribution in [1.29, 1.82) is 5.26 Å². The Morgan fingerprint density at radius 3 is 2.97 bits per heavy atom. The number of carbonyl (C=O) groups is 1. The summed E-state index contributed by atoms with van der Waals surface area (Å²) in [5, 5.41) is 9.89. The quantitative estimate of drug-likeness (QED) is 0.509. The molecule has 3 aromatic rings. The van der Waals surface area contributed by atoms with Crippen molar-refractivity contribution in [2.45, 2.75) is 6.42 Å². The van der Waals surface area contributed by atoms with Gasteiger partial charge in [0.05, 0.1) is 10.7 Å². The highest BCUT2D eigenvalue weighted by atomic mass is 35.5. The molecule has 29 heavy (non-hydrogen) atoms. The number of anilines is 1. The van der Waals surface area contributed by atoms with E-state index < -0.39 is 6.09 Å². The lowest BCUT2D eigenvalue weighted by Gasteiger charge is -2.22. The van der Waals surface area contributed by atoms with E-state index in [0.29, 0.717) is 30.3 Å². The molecule has 0 saturated carbocycles. The highest BCUT2D eigenvalue weighted by molar-refractivity contribution is 6.31. The molecule has 1 saturated heterocycles. The van der Waals surface area contributed by atoms with Crippen LogP contribution >= 0.6 is 11.6 Å². The van der Waals surface area contributed by atoms with Crippen LogP contribution in [0.5, 0.6) is 0 Å². The van der Waals surface area contributed by atoms with Gasteiger partial charge in [0.15, 0.2) is 5.65 Å². The molecule has 3 aromatic heterocycles. The molecular weight excluding hydrogens is 394 g/mol. The minimum atomic E-state index is -0.615. The van der Waals surface area contributed by atoms with Gasteiger partial charge in [-0.25, -0.2) is 14.8 Å². The molecule has 0 aliphatic carbocycles. The number of nitrogens with two attached hydrogens (primary N) is 1. The number of fused-ring (bicyclic) bond motifs is 1. The number of hydrogen-bond donors (Lipinski definition) is 1. The summed E-state index contributed by atoms with van der Waals surface area (Å²) in [4.78, 5) is 24.5. The van der Waals surface area contributed by atoms with Gasteiger partial charge in [-0.05, 0) is 24.6 Å². The Hall–Kier alpha value is -3.51. The average molecular weight is 412 g/mol. The summed E-state index contributed by atoms with van der Waals surface area (Å²) in [5.74, 6) is 6.83. The lowest BCUT2D eigenvalue weighted by atomic mass is 10.1. The molecule has 9 nitrogen and oxygen atoms in total. The van der Waals surface area contributed by atoms with Crippen LogP contribution in [0, 0.1) is 11.5 Å². The topological polar surface area (TPSA) is 113 Å². The second-order valence-corrected chi connectivity index (χ2v) is 7.08. The van der Waals surface area contributed by atoms with Crippen LogP contribution in [0.1, 0.15) is 6.42 Å². The number of nitrogens with zero attached hydrogens (tertiary/aromatic N) is 6. The molecule has 10 heteroatoms. The number of rotatable bonds is 2. The third kappa shape index (κ3) is 3.75. The maximum atomic E-state index is 11.8. The molecule has 148 valence electrons. The van der Waals surface area contributed by atoms with E-state index in [1.807, 2.05) is 24.3 Å². The standard InChI is InChI=1S/C19H18ClN7O2/c20-13-9-14-15(11-27(22)18(14)23-10-13)16-3-1-4-17(24-16)25-5-2-6-26(8-7-25)19(28)29-12-21/h1,3-4,9-11H,2,5-8,22H2. The summed E-state index contributed by atoms with van der Waals surface area (Å²) < 4.78 is 5.89. The Morgan fingerprint density at radius 1 is 1.28 bits per heavy atom. The number of aromatic nitrogens is 3. The number of nitriles is 1. The van der Waals surface area contributed by atoms with Crippen LogP contribution in [0.15, 0.2) is 36.7 Å². The Balaban J connectivity index is 1.61. The molecule has 1 fully saturated rings. The van der Waals surface area contributed by atoms with E-state index in [9.17, 15) is 4.79 Å². The van der Waals surface area contributed by atoms with Gasteiger partial charge in [0, 0.05) is 49.5 Å². The zero-order valence-corrected chi connectivity index (χ0v) is 16.2. The van der Waals surface area contributed by atoms with Gasteiger partial charge in [0.2, 0.25) is 0 Å². The van der Waals surface area contributed by atoms with Crippen LogP contribution in [-0.2, 0) is 4.74 Å². The molecule has 4 rings (SSSR count). The fraction of sp³-hybridized carbons (Fsp3) is 0.263. The average Bonchev–Trinajstić information content (AvgIpc) is 2.90. The van der Waals surface area contributed by atoms with Crippen LogP contribution in [0.3, 0.4) is 0 Å². The van der Waals surface area contributed by atoms with Gasteiger partial charge >= 0.3 is 6.09 Å². The number of halogens is 1. The molecule has 2 N–H and O–H groups in total. The lowest BCUT2D eigenvalue weighted by molar-refractivity contribution is 0.145. The maximum Gasteiger partial charge on any atom is 0.425 e. The van der Waals surface area contributed by atoms with E-state index in [-0.39, 0.29) is 0 Å².